The molecule has 1 aliphatic heterocycles. The third kappa shape index (κ3) is 2.96. The minimum Gasteiger partial charge on any atom is -0.454 e. The predicted octanol–water partition coefficient (Wildman–Crippen LogP) is 3.02. The van der Waals surface area contributed by atoms with E-state index in [4.69, 9.17) is 9.99 Å². The van der Waals surface area contributed by atoms with Crippen molar-refractivity contribution < 1.29 is 19.7 Å². The van der Waals surface area contributed by atoms with E-state index in [2.05, 4.69) is 18.0 Å². The summed E-state index contributed by atoms with van der Waals surface area (Å²) in [6, 6.07) is 0. The largest absolute Gasteiger partial charge is 0.454 e. The zero-order valence-electron chi connectivity index (χ0n) is 11.2. The van der Waals surface area contributed by atoms with E-state index in [-0.39, 0.29) is 24.1 Å². The van der Waals surface area contributed by atoms with Gasteiger partial charge in [-0.2, -0.15) is 0 Å². The van der Waals surface area contributed by atoms with Crippen LogP contribution in [0.1, 0.15) is 32.6 Å². The number of hydrogen-bond donors (Lipinski definition) is 1. The molecule has 0 unspecified atom stereocenters. The van der Waals surface area contributed by atoms with Crippen molar-refractivity contribution in [1.82, 2.24) is 0 Å². The van der Waals surface area contributed by atoms with Gasteiger partial charge in [0.05, 0.1) is 0 Å². The number of esters is 1. The molecule has 0 aromatic heterocycles. The lowest BCUT2D eigenvalue weighted by Crippen LogP contribution is -2.20. The second-order valence-corrected chi connectivity index (χ2v) is 5.34. The molecule has 3 atom stereocenters. The van der Waals surface area contributed by atoms with Crippen molar-refractivity contribution in [3.8, 4) is 0 Å². The Balaban J connectivity index is 2.22. The Morgan fingerprint density at radius 1 is 1.37 bits per heavy atom. The van der Waals surface area contributed by atoms with E-state index in [1.54, 1.807) is 0 Å². The van der Waals surface area contributed by atoms with Crippen LogP contribution < -0.4 is 0 Å². The molecule has 0 radical (unpaired) electrons. The summed E-state index contributed by atoms with van der Waals surface area (Å²) in [6.45, 7) is 9.78. The highest BCUT2D eigenvalue weighted by Crippen LogP contribution is 2.35. The zero-order chi connectivity index (χ0) is 14.0. The van der Waals surface area contributed by atoms with Gasteiger partial charge in [-0.15, -0.1) is 0 Å². The van der Waals surface area contributed by atoms with Crippen molar-refractivity contribution in [1.29, 1.82) is 0 Å². The molecule has 1 heterocycles. The van der Waals surface area contributed by atoms with Gasteiger partial charge < -0.3 is 4.74 Å². The van der Waals surface area contributed by atoms with Crippen molar-refractivity contribution >= 4 is 5.97 Å². The van der Waals surface area contributed by atoms with Crippen molar-refractivity contribution in [2.75, 3.05) is 0 Å². The Labute approximate surface area is 113 Å². The first-order chi connectivity index (χ1) is 9.02. The molecule has 4 heteroatoms. The molecule has 19 heavy (non-hydrogen) atoms. The van der Waals surface area contributed by atoms with Crippen LogP contribution in [0.2, 0.25) is 0 Å². The van der Waals surface area contributed by atoms with E-state index < -0.39 is 0 Å². The summed E-state index contributed by atoms with van der Waals surface area (Å²) in [5.74, 6) is -0.310. The highest BCUT2D eigenvalue weighted by atomic mass is 17.1. The first-order valence-electron chi connectivity index (χ1n) is 6.58. The van der Waals surface area contributed by atoms with Gasteiger partial charge in [-0.25, -0.2) is 9.68 Å². The Bertz CT molecular complexity index is 435. The van der Waals surface area contributed by atoms with Crippen molar-refractivity contribution in [3.63, 3.8) is 0 Å². The maximum Gasteiger partial charge on any atom is 0.334 e. The molecule has 1 aliphatic carbocycles. The van der Waals surface area contributed by atoms with Crippen molar-refractivity contribution in [3.05, 3.63) is 36.0 Å². The molecular formula is C15H20O4. The highest BCUT2D eigenvalue weighted by Gasteiger charge is 2.37. The Morgan fingerprint density at radius 2 is 2.11 bits per heavy atom. The molecule has 1 N–H and O–H groups in total. The Kier molecular flexibility index (Phi) is 4.22. The molecule has 1 fully saturated rings. The maximum absolute atomic E-state index is 11.6. The number of carbonyl (C=O) groups excluding carboxylic acids is 1. The molecule has 2 aliphatic rings. The summed E-state index contributed by atoms with van der Waals surface area (Å²) in [4.78, 5) is 16.1. The van der Waals surface area contributed by atoms with Crippen LogP contribution in [0.3, 0.4) is 0 Å². The molecule has 4 nitrogen and oxygen atoms in total. The summed E-state index contributed by atoms with van der Waals surface area (Å²) >= 11 is 0. The van der Waals surface area contributed by atoms with Crippen LogP contribution in [0.4, 0.5) is 0 Å². The SMILES string of the molecule is C=C1CC[C@H]2C(=C)C(=O)O[C@@H]2/C=C(/C)CC[C@H]1OO. The summed E-state index contributed by atoms with van der Waals surface area (Å²) in [5, 5.41) is 8.93. The van der Waals surface area contributed by atoms with Crippen LogP contribution in [-0.2, 0) is 14.4 Å². The summed E-state index contributed by atoms with van der Waals surface area (Å²) < 4.78 is 5.34. The fraction of sp³-hybridized carbons (Fsp3) is 0.533. The number of rotatable bonds is 1. The predicted molar refractivity (Wildman–Crippen MR) is 71.4 cm³/mol. The number of fused-ring (bicyclic) bond motifs is 1. The van der Waals surface area contributed by atoms with Crippen LogP contribution in [0, 0.1) is 5.92 Å². The summed E-state index contributed by atoms with van der Waals surface area (Å²) in [5.41, 5.74) is 2.50. The lowest BCUT2D eigenvalue weighted by molar-refractivity contribution is -0.270. The van der Waals surface area contributed by atoms with Gasteiger partial charge >= 0.3 is 5.97 Å². The minimum atomic E-state index is -0.341. The fourth-order valence-corrected chi connectivity index (χ4v) is 2.68. The molecule has 104 valence electrons. The topological polar surface area (TPSA) is 55.8 Å². The number of allylic oxidation sites excluding steroid dienone is 1. The quantitative estimate of drug-likeness (QED) is 0.260. The van der Waals surface area contributed by atoms with Crippen LogP contribution in [-0.4, -0.2) is 23.4 Å². The van der Waals surface area contributed by atoms with Gasteiger partial charge in [0.15, 0.2) is 0 Å². The van der Waals surface area contributed by atoms with Gasteiger partial charge in [0.1, 0.15) is 12.2 Å². The average molecular weight is 264 g/mol. The van der Waals surface area contributed by atoms with E-state index in [1.165, 1.54) is 0 Å². The summed E-state index contributed by atoms with van der Waals surface area (Å²) in [6.07, 6.45) is 4.32. The highest BCUT2D eigenvalue weighted by molar-refractivity contribution is 5.91. The van der Waals surface area contributed by atoms with E-state index in [9.17, 15) is 4.79 Å². The fourth-order valence-electron chi connectivity index (χ4n) is 2.68. The molecule has 0 bridgehead atoms. The van der Waals surface area contributed by atoms with E-state index >= 15 is 0 Å². The first-order valence-corrected chi connectivity index (χ1v) is 6.58. The molecule has 0 saturated carbocycles. The molecule has 1 saturated heterocycles. The molecule has 0 amide bonds. The minimum absolute atomic E-state index is 0.00311. The lowest BCUT2D eigenvalue weighted by atomic mass is 9.86. The standard InChI is InChI=1S/C15H20O4/c1-9-4-7-13(19-17)10(2)5-6-12-11(3)15(16)18-14(12)8-9/h8,12-14,17H,2-7H2,1H3/b9-8-/t12-,13+,14+/m0/s1. The van der Waals surface area contributed by atoms with Gasteiger partial charge in [0.25, 0.3) is 0 Å². The Hall–Kier alpha value is -1.39. The smallest absolute Gasteiger partial charge is 0.334 e. The van der Waals surface area contributed by atoms with Gasteiger partial charge in [-0.3, -0.25) is 5.26 Å². The van der Waals surface area contributed by atoms with Crippen LogP contribution in [0.25, 0.3) is 0 Å². The second-order valence-electron chi connectivity index (χ2n) is 5.34. The molecule has 0 spiro atoms. The normalized spacial score (nSPS) is 35.4. The van der Waals surface area contributed by atoms with E-state index in [1.807, 2.05) is 13.0 Å². The molecule has 0 aromatic carbocycles. The van der Waals surface area contributed by atoms with Gasteiger partial charge in [-0.1, -0.05) is 18.7 Å². The lowest BCUT2D eigenvalue weighted by Gasteiger charge is -2.22. The van der Waals surface area contributed by atoms with Gasteiger partial charge in [0.2, 0.25) is 0 Å². The average Bonchev–Trinajstić information content (AvgIpc) is 2.63. The third-order valence-corrected chi connectivity index (χ3v) is 3.96. The first kappa shape index (κ1) is 14.0. The van der Waals surface area contributed by atoms with E-state index in [0.29, 0.717) is 18.4 Å². The molecule has 2 rings (SSSR count). The third-order valence-electron chi connectivity index (χ3n) is 3.96. The van der Waals surface area contributed by atoms with Crippen LogP contribution in [0.5, 0.6) is 0 Å². The van der Waals surface area contributed by atoms with Crippen molar-refractivity contribution in [2.24, 2.45) is 5.92 Å². The monoisotopic (exact) mass is 264 g/mol. The maximum atomic E-state index is 11.6. The Morgan fingerprint density at radius 3 is 2.79 bits per heavy atom. The van der Waals surface area contributed by atoms with Gasteiger partial charge in [-0.05, 0) is 44.3 Å². The van der Waals surface area contributed by atoms with Crippen LogP contribution in [0.15, 0.2) is 36.0 Å². The number of ether oxygens (including phenoxy) is 1. The van der Waals surface area contributed by atoms with Gasteiger partial charge in [0, 0.05) is 11.5 Å². The van der Waals surface area contributed by atoms with E-state index in [0.717, 1.165) is 24.0 Å². The molecule has 0 aromatic rings. The van der Waals surface area contributed by atoms with Crippen molar-refractivity contribution in [2.45, 2.75) is 44.8 Å². The van der Waals surface area contributed by atoms with Crippen LogP contribution >= 0.6 is 0 Å². The second kappa shape index (κ2) is 5.72. The molecular weight excluding hydrogens is 244 g/mol. The number of carbonyl (C=O) groups is 1. The zero-order valence-corrected chi connectivity index (χ0v) is 11.2. The summed E-state index contributed by atoms with van der Waals surface area (Å²) in [7, 11) is 0. The number of hydrogen-bond acceptors (Lipinski definition) is 4.